The zero-order chi connectivity index (χ0) is 36.7. The number of halogens is 1. The summed E-state index contributed by atoms with van der Waals surface area (Å²) in [6.07, 6.45) is 14.4. The topological polar surface area (TPSA) is 100 Å². The number of likely N-dealkylation sites (tertiary alicyclic amines) is 1. The van der Waals surface area contributed by atoms with Crippen LogP contribution in [0.2, 0.25) is 5.02 Å². The van der Waals surface area contributed by atoms with Crippen LogP contribution >= 0.6 is 11.6 Å². The van der Waals surface area contributed by atoms with Gasteiger partial charge in [-0.3, -0.25) is 14.7 Å². The van der Waals surface area contributed by atoms with E-state index < -0.39 is 0 Å². The zero-order valence-corrected chi connectivity index (χ0v) is 32.4. The molecule has 0 spiro atoms. The Labute approximate surface area is 312 Å². The van der Waals surface area contributed by atoms with Gasteiger partial charge in [0.1, 0.15) is 11.6 Å². The molecule has 1 saturated carbocycles. The van der Waals surface area contributed by atoms with Crippen molar-refractivity contribution >= 4 is 40.3 Å². The van der Waals surface area contributed by atoms with Crippen LogP contribution in [-0.4, -0.2) is 92.5 Å². The minimum absolute atomic E-state index is 0.0400. The van der Waals surface area contributed by atoms with Crippen molar-refractivity contribution in [2.24, 2.45) is 5.92 Å². The molecular formula is C41H51ClN8O2. The van der Waals surface area contributed by atoms with Gasteiger partial charge in [-0.2, -0.15) is 9.97 Å². The van der Waals surface area contributed by atoms with Crippen molar-refractivity contribution in [1.82, 2.24) is 34.7 Å². The first kappa shape index (κ1) is 36.2. The fraction of sp³-hybridized carbons (Fsp3) is 0.512. The molecule has 6 heterocycles. The molecule has 0 N–H and O–H groups in total. The molecule has 3 saturated heterocycles. The van der Waals surface area contributed by atoms with Gasteiger partial charge in [-0.05, 0) is 108 Å². The van der Waals surface area contributed by atoms with Gasteiger partial charge in [-0.15, -0.1) is 0 Å². The van der Waals surface area contributed by atoms with E-state index in [0.29, 0.717) is 36.4 Å². The third-order valence-electron chi connectivity index (χ3n) is 11.5. The van der Waals surface area contributed by atoms with Crippen molar-refractivity contribution in [2.45, 2.75) is 90.6 Å². The molecule has 4 aliphatic rings. The van der Waals surface area contributed by atoms with Crippen molar-refractivity contribution in [3.05, 3.63) is 69.9 Å². The molecule has 1 amide bonds. The summed E-state index contributed by atoms with van der Waals surface area (Å²) in [5.74, 6) is 2.79. The largest absolute Gasteiger partial charge is 0.467 e. The van der Waals surface area contributed by atoms with Crippen LogP contribution in [-0.2, 0) is 4.79 Å². The second kappa shape index (κ2) is 14.7. The normalized spacial score (nSPS) is 22.9. The van der Waals surface area contributed by atoms with Crippen LogP contribution < -0.4 is 9.64 Å². The lowest BCUT2D eigenvalue weighted by Crippen LogP contribution is -2.36. The van der Waals surface area contributed by atoms with E-state index in [0.717, 1.165) is 75.0 Å². The maximum atomic E-state index is 13.1. The van der Waals surface area contributed by atoms with E-state index in [4.69, 9.17) is 31.3 Å². The number of benzene rings is 1. The minimum atomic E-state index is -0.0400. The second-order valence-corrected chi connectivity index (χ2v) is 15.9. The van der Waals surface area contributed by atoms with Crippen molar-refractivity contribution in [3.8, 4) is 17.3 Å². The number of methoxy groups -OCH3 is 1. The summed E-state index contributed by atoms with van der Waals surface area (Å²) >= 11 is 6.65. The number of aryl methyl sites for hydroxylation is 3. The second-order valence-electron chi connectivity index (χ2n) is 15.5. The molecule has 3 unspecified atom stereocenters. The predicted octanol–water partition coefficient (Wildman–Crippen LogP) is 7.58. The SMILES string of the molecule is CC1CN2CCCC2(C)C1.COc1nc(N(C)C2CCN(C(=O)/C=C/c3nc(C)ncc3C)C2)c2cnc(-c3cccc(Cl)c3C3CC3)c(C)c2n1. The molecular weight excluding hydrogens is 672 g/mol. The highest BCUT2D eigenvalue weighted by Gasteiger charge is 2.43. The summed E-state index contributed by atoms with van der Waals surface area (Å²) in [4.78, 5) is 42.8. The molecule has 274 valence electrons. The third kappa shape index (κ3) is 7.24. The molecule has 1 aromatic carbocycles. The summed E-state index contributed by atoms with van der Waals surface area (Å²) in [5.41, 5.74) is 7.14. The Morgan fingerprint density at radius 2 is 1.87 bits per heavy atom. The van der Waals surface area contributed by atoms with Crippen molar-refractivity contribution in [3.63, 3.8) is 0 Å². The third-order valence-corrected chi connectivity index (χ3v) is 11.8. The Bertz CT molecular complexity index is 2010. The van der Waals surface area contributed by atoms with Gasteiger partial charge in [0.05, 0.1) is 29.4 Å². The Morgan fingerprint density at radius 1 is 1.06 bits per heavy atom. The molecule has 11 heteroatoms. The molecule has 3 aromatic heterocycles. The van der Waals surface area contributed by atoms with E-state index in [2.05, 4.69) is 39.7 Å². The van der Waals surface area contributed by atoms with Gasteiger partial charge in [-0.25, -0.2) is 9.97 Å². The molecule has 4 aromatic rings. The lowest BCUT2D eigenvalue weighted by molar-refractivity contribution is -0.124. The summed E-state index contributed by atoms with van der Waals surface area (Å²) in [7, 11) is 3.59. The number of anilines is 1. The number of amides is 1. The number of hydrogen-bond acceptors (Lipinski definition) is 9. The number of carbonyl (C=O) groups excluding carboxylic acids is 1. The van der Waals surface area contributed by atoms with Crippen LogP contribution in [0.5, 0.6) is 6.01 Å². The van der Waals surface area contributed by atoms with Gasteiger partial charge in [0.15, 0.2) is 0 Å². The number of fused-ring (bicyclic) bond motifs is 2. The highest BCUT2D eigenvalue weighted by Crippen LogP contribution is 2.48. The standard InChI is InChI=1S/C32H34ClN7O2.C9H17N/c1-18-15-34-20(3)36-26(18)11-12-27(41)40-14-13-22(17-40)39(4)31-24-16-35-29(19(2)30(24)37-32(38-31)42-5)23-7-6-8-25(33)28(23)21-9-10-21;1-8-6-9(2)4-3-5-10(9)7-8/h6-8,11-12,15-16,21-22H,9-10,13-14,17H2,1-5H3;8H,3-7H2,1-2H3/b12-11+;. The summed E-state index contributed by atoms with van der Waals surface area (Å²) in [6, 6.07) is 6.40. The molecule has 3 atom stereocenters. The Hall–Kier alpha value is -4.15. The number of hydrogen-bond donors (Lipinski definition) is 0. The fourth-order valence-corrected chi connectivity index (χ4v) is 8.89. The first-order valence-electron chi connectivity index (χ1n) is 18.7. The molecule has 0 radical (unpaired) electrons. The van der Waals surface area contributed by atoms with Crippen LogP contribution in [0.4, 0.5) is 5.82 Å². The van der Waals surface area contributed by atoms with E-state index in [9.17, 15) is 4.79 Å². The van der Waals surface area contributed by atoms with Gasteiger partial charge in [0, 0.05) is 72.9 Å². The maximum Gasteiger partial charge on any atom is 0.318 e. The number of carbonyl (C=O) groups is 1. The van der Waals surface area contributed by atoms with Gasteiger partial charge in [0.25, 0.3) is 0 Å². The summed E-state index contributed by atoms with van der Waals surface area (Å²) in [5, 5.41) is 1.63. The fourth-order valence-electron chi connectivity index (χ4n) is 8.56. The summed E-state index contributed by atoms with van der Waals surface area (Å²) < 4.78 is 5.54. The molecule has 8 rings (SSSR count). The molecule has 52 heavy (non-hydrogen) atoms. The van der Waals surface area contributed by atoms with Crippen molar-refractivity contribution in [2.75, 3.05) is 45.2 Å². The van der Waals surface area contributed by atoms with Crippen LogP contribution in [0.25, 0.3) is 28.2 Å². The van der Waals surface area contributed by atoms with E-state index in [1.54, 1.807) is 25.5 Å². The smallest absolute Gasteiger partial charge is 0.318 e. The van der Waals surface area contributed by atoms with Gasteiger partial charge in [0.2, 0.25) is 5.91 Å². The molecule has 3 aliphatic heterocycles. The lowest BCUT2D eigenvalue weighted by Gasteiger charge is -2.27. The number of nitrogens with zero attached hydrogens (tertiary/aromatic N) is 8. The average molecular weight is 723 g/mol. The monoisotopic (exact) mass is 722 g/mol. The molecule has 0 bridgehead atoms. The Morgan fingerprint density at radius 3 is 2.62 bits per heavy atom. The Balaban J connectivity index is 0.000000360. The highest BCUT2D eigenvalue weighted by atomic mass is 35.5. The van der Waals surface area contributed by atoms with Crippen molar-refractivity contribution in [1.29, 1.82) is 0 Å². The van der Waals surface area contributed by atoms with Crippen LogP contribution in [0.15, 0.2) is 36.7 Å². The van der Waals surface area contributed by atoms with Crippen LogP contribution in [0, 0.1) is 26.7 Å². The van der Waals surface area contributed by atoms with Gasteiger partial charge < -0.3 is 14.5 Å². The minimum Gasteiger partial charge on any atom is -0.467 e. The van der Waals surface area contributed by atoms with Crippen LogP contribution in [0.3, 0.4) is 0 Å². The van der Waals surface area contributed by atoms with Crippen LogP contribution in [0.1, 0.15) is 86.5 Å². The van der Waals surface area contributed by atoms with E-state index in [1.807, 2.05) is 51.0 Å². The van der Waals surface area contributed by atoms with Gasteiger partial charge in [-0.1, -0.05) is 30.7 Å². The lowest BCUT2D eigenvalue weighted by atomic mass is 9.93. The Kier molecular flexibility index (Phi) is 10.2. The first-order valence-corrected chi connectivity index (χ1v) is 19.1. The zero-order valence-electron chi connectivity index (χ0n) is 31.6. The number of likely N-dealkylation sites (N-methyl/N-ethyl adjacent to an activating group) is 1. The number of rotatable bonds is 7. The molecule has 4 fully saturated rings. The van der Waals surface area contributed by atoms with Gasteiger partial charge >= 0.3 is 6.01 Å². The van der Waals surface area contributed by atoms with E-state index in [1.165, 1.54) is 37.9 Å². The quantitative estimate of drug-likeness (QED) is 0.179. The number of aromatic nitrogens is 5. The number of ether oxygens (including phenoxy) is 1. The first-order chi connectivity index (χ1) is 25.0. The summed E-state index contributed by atoms with van der Waals surface area (Å²) in [6.45, 7) is 14.6. The van der Waals surface area contributed by atoms with Crippen molar-refractivity contribution < 1.29 is 9.53 Å². The van der Waals surface area contributed by atoms with E-state index >= 15 is 0 Å². The average Bonchev–Trinajstić information content (AvgIpc) is 3.60. The predicted molar refractivity (Wildman–Crippen MR) is 208 cm³/mol. The maximum absolute atomic E-state index is 13.1. The number of pyridine rings is 1. The molecule has 1 aliphatic carbocycles. The molecule has 10 nitrogen and oxygen atoms in total. The highest BCUT2D eigenvalue weighted by molar-refractivity contribution is 6.32. The van der Waals surface area contributed by atoms with E-state index in [-0.39, 0.29) is 11.9 Å².